The third-order valence-corrected chi connectivity index (χ3v) is 4.24. The van der Waals surface area contributed by atoms with Gasteiger partial charge >= 0.3 is 0 Å². The van der Waals surface area contributed by atoms with Gasteiger partial charge in [0.1, 0.15) is 29.0 Å². The molecule has 0 saturated carbocycles. The molecule has 0 spiro atoms. The van der Waals surface area contributed by atoms with Crippen LogP contribution in [0.4, 0.5) is 10.1 Å². The van der Waals surface area contributed by atoms with Crippen LogP contribution in [-0.4, -0.2) is 5.91 Å². The van der Waals surface area contributed by atoms with E-state index >= 15 is 0 Å². The lowest BCUT2D eigenvalue weighted by molar-refractivity contribution is -0.112. The number of nitrogens with zero attached hydrogens (tertiary/aromatic N) is 1. The lowest BCUT2D eigenvalue weighted by atomic mass is 10.2. The van der Waals surface area contributed by atoms with Crippen molar-refractivity contribution in [2.24, 2.45) is 0 Å². The number of hydrogen-bond donors (Lipinski definition) is 1. The maximum Gasteiger partial charge on any atom is 0.266 e. The zero-order valence-corrected chi connectivity index (χ0v) is 15.0. The lowest BCUT2D eigenvalue weighted by Gasteiger charge is -2.06. The van der Waals surface area contributed by atoms with E-state index in [-0.39, 0.29) is 11.4 Å². The second-order valence-electron chi connectivity index (χ2n) is 5.80. The number of hydrogen-bond acceptors (Lipinski definition) is 3. The molecule has 2 aromatic carbocycles. The van der Waals surface area contributed by atoms with Gasteiger partial charge in [0.05, 0.1) is 0 Å². The Balaban J connectivity index is 1.79. The molecule has 0 saturated heterocycles. The Morgan fingerprint density at radius 3 is 2.59 bits per heavy atom. The van der Waals surface area contributed by atoms with Crippen molar-refractivity contribution in [1.29, 1.82) is 5.26 Å². The monoisotopic (exact) mass is 380 g/mol. The highest BCUT2D eigenvalue weighted by Gasteiger charge is 2.12. The number of rotatable bonds is 4. The normalized spacial score (nSPS) is 11.1. The molecule has 0 radical (unpaired) electrons. The first-order valence-corrected chi connectivity index (χ1v) is 8.39. The number of amides is 1. The van der Waals surface area contributed by atoms with Crippen molar-refractivity contribution in [2.75, 3.05) is 5.32 Å². The van der Waals surface area contributed by atoms with Crippen molar-refractivity contribution in [2.45, 2.75) is 6.92 Å². The third kappa shape index (κ3) is 4.43. The average Bonchev–Trinajstić information content (AvgIpc) is 3.12. The maximum absolute atomic E-state index is 13.0. The van der Waals surface area contributed by atoms with Gasteiger partial charge in [0.2, 0.25) is 0 Å². The Morgan fingerprint density at radius 2 is 1.93 bits per heavy atom. The summed E-state index contributed by atoms with van der Waals surface area (Å²) in [5.41, 5.74) is 1.94. The molecule has 134 valence electrons. The summed E-state index contributed by atoms with van der Waals surface area (Å²) in [5.74, 6) is -0.0746. The Hall–Kier alpha value is -3.36. The summed E-state index contributed by atoms with van der Waals surface area (Å²) in [4.78, 5) is 12.3. The summed E-state index contributed by atoms with van der Waals surface area (Å²) in [6.45, 7) is 1.85. The SMILES string of the molecule is Cc1ccc(NC(=O)C(C#N)=Cc2ccc(-c3ccc(F)cc3)o2)cc1Cl. The molecule has 3 rings (SSSR count). The van der Waals surface area contributed by atoms with Crippen LogP contribution in [0.1, 0.15) is 11.3 Å². The van der Waals surface area contributed by atoms with Crippen molar-refractivity contribution in [1.82, 2.24) is 0 Å². The smallest absolute Gasteiger partial charge is 0.266 e. The molecular formula is C21H14ClFN2O2. The maximum atomic E-state index is 13.0. The molecule has 4 nitrogen and oxygen atoms in total. The van der Waals surface area contributed by atoms with Gasteiger partial charge in [0.15, 0.2) is 0 Å². The lowest BCUT2D eigenvalue weighted by Crippen LogP contribution is -2.13. The van der Waals surface area contributed by atoms with Crippen LogP contribution < -0.4 is 5.32 Å². The number of carbonyl (C=O) groups excluding carboxylic acids is 1. The molecule has 1 N–H and O–H groups in total. The van der Waals surface area contributed by atoms with E-state index < -0.39 is 5.91 Å². The van der Waals surface area contributed by atoms with Crippen molar-refractivity contribution < 1.29 is 13.6 Å². The van der Waals surface area contributed by atoms with E-state index in [1.165, 1.54) is 18.2 Å². The molecule has 0 aliphatic carbocycles. The van der Waals surface area contributed by atoms with E-state index in [1.807, 2.05) is 13.0 Å². The Kier molecular flexibility index (Phi) is 5.39. The van der Waals surface area contributed by atoms with Gasteiger partial charge < -0.3 is 9.73 Å². The number of halogens is 2. The first kappa shape index (κ1) is 18.4. The van der Waals surface area contributed by atoms with Crippen LogP contribution >= 0.6 is 11.6 Å². The standard InChI is InChI=1S/C21H14ClFN2O2/c1-13-2-7-17(11-19(13)22)25-21(26)15(12-24)10-18-8-9-20(27-18)14-3-5-16(23)6-4-14/h2-11H,1H3,(H,25,26). The van der Waals surface area contributed by atoms with Gasteiger partial charge in [-0.3, -0.25) is 4.79 Å². The zero-order chi connectivity index (χ0) is 19.4. The molecule has 6 heteroatoms. The summed E-state index contributed by atoms with van der Waals surface area (Å²) < 4.78 is 18.6. The van der Waals surface area contributed by atoms with Gasteiger partial charge in [-0.1, -0.05) is 17.7 Å². The molecule has 27 heavy (non-hydrogen) atoms. The molecule has 1 amide bonds. The number of furan rings is 1. The van der Waals surface area contributed by atoms with Crippen molar-refractivity contribution >= 4 is 29.3 Å². The van der Waals surface area contributed by atoms with Gasteiger partial charge in [0.25, 0.3) is 5.91 Å². The molecule has 0 unspecified atom stereocenters. The van der Waals surface area contributed by atoms with Crippen molar-refractivity contribution in [3.8, 4) is 17.4 Å². The largest absolute Gasteiger partial charge is 0.457 e. The van der Waals surface area contributed by atoms with E-state index in [1.54, 1.807) is 42.5 Å². The molecular weight excluding hydrogens is 367 g/mol. The first-order valence-electron chi connectivity index (χ1n) is 8.01. The van der Waals surface area contributed by atoms with Crippen LogP contribution in [0.5, 0.6) is 0 Å². The summed E-state index contributed by atoms with van der Waals surface area (Å²) in [6, 6.07) is 16.1. The molecule has 0 aliphatic heterocycles. The molecule has 3 aromatic rings. The highest BCUT2D eigenvalue weighted by atomic mass is 35.5. The van der Waals surface area contributed by atoms with E-state index in [9.17, 15) is 14.4 Å². The number of carbonyl (C=O) groups is 1. The van der Waals surface area contributed by atoms with E-state index in [4.69, 9.17) is 16.0 Å². The molecule has 0 atom stereocenters. The predicted molar refractivity (Wildman–Crippen MR) is 103 cm³/mol. The van der Waals surface area contributed by atoms with Crippen LogP contribution in [-0.2, 0) is 4.79 Å². The highest BCUT2D eigenvalue weighted by molar-refractivity contribution is 6.31. The Labute approximate surface area is 160 Å². The summed E-state index contributed by atoms with van der Waals surface area (Å²) in [7, 11) is 0. The fourth-order valence-electron chi connectivity index (χ4n) is 2.36. The number of nitriles is 1. The molecule has 0 bridgehead atoms. The van der Waals surface area contributed by atoms with Gasteiger partial charge in [-0.05, 0) is 61.0 Å². The summed E-state index contributed by atoms with van der Waals surface area (Å²) >= 11 is 6.04. The van der Waals surface area contributed by atoms with Crippen LogP contribution in [0.2, 0.25) is 5.02 Å². The number of anilines is 1. The van der Waals surface area contributed by atoms with Crippen LogP contribution in [0.15, 0.2) is 64.6 Å². The molecule has 0 aliphatic rings. The van der Waals surface area contributed by atoms with Crippen LogP contribution in [0.25, 0.3) is 17.4 Å². The number of aryl methyl sites for hydroxylation is 1. The zero-order valence-electron chi connectivity index (χ0n) is 14.3. The Bertz CT molecular complexity index is 1060. The first-order chi connectivity index (χ1) is 13.0. The number of nitrogens with one attached hydrogen (secondary N) is 1. The topological polar surface area (TPSA) is 66.0 Å². The second-order valence-corrected chi connectivity index (χ2v) is 6.20. The fraction of sp³-hybridized carbons (Fsp3) is 0.0476. The average molecular weight is 381 g/mol. The van der Waals surface area contributed by atoms with E-state index in [0.29, 0.717) is 27.8 Å². The minimum atomic E-state index is -0.572. The van der Waals surface area contributed by atoms with Crippen molar-refractivity contribution in [3.05, 3.63) is 82.3 Å². The second kappa shape index (κ2) is 7.90. The highest BCUT2D eigenvalue weighted by Crippen LogP contribution is 2.24. The van der Waals surface area contributed by atoms with Gasteiger partial charge in [-0.25, -0.2) is 4.39 Å². The van der Waals surface area contributed by atoms with Gasteiger partial charge in [-0.2, -0.15) is 5.26 Å². The number of benzene rings is 2. The summed E-state index contributed by atoms with van der Waals surface area (Å²) in [6.07, 6.45) is 1.35. The van der Waals surface area contributed by atoms with Crippen LogP contribution in [0.3, 0.4) is 0 Å². The minimum Gasteiger partial charge on any atom is -0.457 e. The fourth-order valence-corrected chi connectivity index (χ4v) is 2.54. The van der Waals surface area contributed by atoms with Gasteiger partial charge in [-0.15, -0.1) is 0 Å². The predicted octanol–water partition coefficient (Wildman–Crippen LogP) is 5.59. The quantitative estimate of drug-likeness (QED) is 0.473. The van der Waals surface area contributed by atoms with Gasteiger partial charge in [0, 0.05) is 22.3 Å². The van der Waals surface area contributed by atoms with Crippen molar-refractivity contribution in [3.63, 3.8) is 0 Å². The molecule has 0 fully saturated rings. The van der Waals surface area contributed by atoms with E-state index in [0.717, 1.165) is 5.56 Å². The minimum absolute atomic E-state index is 0.119. The molecule has 1 heterocycles. The molecule has 1 aromatic heterocycles. The Morgan fingerprint density at radius 1 is 1.19 bits per heavy atom. The van der Waals surface area contributed by atoms with E-state index in [2.05, 4.69) is 5.32 Å². The van der Waals surface area contributed by atoms with Crippen LogP contribution in [0, 0.1) is 24.1 Å². The summed E-state index contributed by atoms with van der Waals surface area (Å²) in [5, 5.41) is 12.4. The third-order valence-electron chi connectivity index (χ3n) is 3.84.